The topological polar surface area (TPSA) is 63.3 Å². The normalized spacial score (nSPS) is 11.0. The molecular weight excluding hydrogens is 304 g/mol. The van der Waals surface area contributed by atoms with Crippen molar-refractivity contribution in [2.45, 2.75) is 13.3 Å². The molecule has 0 fully saturated rings. The van der Waals surface area contributed by atoms with Crippen molar-refractivity contribution in [3.63, 3.8) is 0 Å². The predicted octanol–water partition coefficient (Wildman–Crippen LogP) is 4.40. The van der Waals surface area contributed by atoms with Crippen molar-refractivity contribution in [2.24, 2.45) is 5.10 Å². The lowest BCUT2D eigenvalue weighted by Crippen LogP contribution is -1.91. The number of aromatic nitrogens is 1. The highest BCUT2D eigenvalue weighted by Crippen LogP contribution is 2.21. The minimum atomic E-state index is 0.505. The van der Waals surface area contributed by atoms with Crippen LogP contribution in [0.4, 0.5) is 10.9 Å². The van der Waals surface area contributed by atoms with E-state index in [2.05, 4.69) is 58.8 Å². The molecule has 0 atom stereocenters. The quantitative estimate of drug-likeness (QED) is 0.540. The van der Waals surface area contributed by atoms with Crippen LogP contribution < -0.4 is 11.2 Å². The molecule has 0 spiro atoms. The molecule has 2 aromatic carbocycles. The largest absolute Gasteiger partial charge is 0.383 e. The fourth-order valence-corrected chi connectivity index (χ4v) is 2.78. The summed E-state index contributed by atoms with van der Waals surface area (Å²) in [6.07, 6.45) is 2.83. The highest BCUT2D eigenvalue weighted by molar-refractivity contribution is 7.14. The van der Waals surface area contributed by atoms with Gasteiger partial charge in [0.05, 0.1) is 6.21 Å². The first kappa shape index (κ1) is 15.2. The zero-order valence-electron chi connectivity index (χ0n) is 12.9. The molecule has 5 heteroatoms. The summed E-state index contributed by atoms with van der Waals surface area (Å²) in [5.41, 5.74) is 13.2. The van der Waals surface area contributed by atoms with E-state index >= 15 is 0 Å². The summed E-state index contributed by atoms with van der Waals surface area (Å²) in [4.78, 5) is 4.09. The Bertz CT molecular complexity index is 806. The maximum absolute atomic E-state index is 5.57. The number of nitrogen functional groups attached to an aromatic ring is 1. The average molecular weight is 322 g/mol. The van der Waals surface area contributed by atoms with Crippen LogP contribution in [0.5, 0.6) is 0 Å². The first-order chi connectivity index (χ1) is 11.2. The molecule has 0 saturated heterocycles. The van der Waals surface area contributed by atoms with Gasteiger partial charge in [0.15, 0.2) is 0 Å². The van der Waals surface area contributed by atoms with Crippen LogP contribution in [0.25, 0.3) is 11.1 Å². The van der Waals surface area contributed by atoms with E-state index in [1.807, 2.05) is 12.1 Å². The molecule has 0 aliphatic carbocycles. The van der Waals surface area contributed by atoms with Crippen LogP contribution in [0.2, 0.25) is 0 Å². The lowest BCUT2D eigenvalue weighted by molar-refractivity contribution is 1.14. The number of aryl methyl sites for hydroxylation is 1. The number of nitrogens with zero attached hydrogens (tertiary/aromatic N) is 2. The second-order valence-corrected chi connectivity index (χ2v) is 5.98. The Morgan fingerprint density at radius 2 is 2.00 bits per heavy atom. The SMILES string of the molecule is CCc1ccc(-c2cccc(C=NNc3nc(N)cs3)c2)cc1. The zero-order chi connectivity index (χ0) is 16.1. The molecule has 3 aromatic rings. The maximum atomic E-state index is 5.57. The van der Waals surface area contributed by atoms with Crippen molar-refractivity contribution < 1.29 is 0 Å². The van der Waals surface area contributed by atoms with E-state index < -0.39 is 0 Å². The molecule has 0 amide bonds. The van der Waals surface area contributed by atoms with Gasteiger partial charge in [-0.15, -0.1) is 11.3 Å². The van der Waals surface area contributed by atoms with Crippen LogP contribution >= 0.6 is 11.3 Å². The molecule has 0 unspecified atom stereocenters. The van der Waals surface area contributed by atoms with Crippen molar-refractivity contribution in [2.75, 3.05) is 11.2 Å². The van der Waals surface area contributed by atoms with E-state index in [1.165, 1.54) is 28.0 Å². The van der Waals surface area contributed by atoms with Crippen LogP contribution in [0.1, 0.15) is 18.1 Å². The van der Waals surface area contributed by atoms with Crippen molar-refractivity contribution >= 4 is 28.5 Å². The van der Waals surface area contributed by atoms with Gasteiger partial charge in [0.1, 0.15) is 5.82 Å². The monoisotopic (exact) mass is 322 g/mol. The number of hydrogen-bond acceptors (Lipinski definition) is 5. The maximum Gasteiger partial charge on any atom is 0.205 e. The van der Waals surface area contributed by atoms with E-state index in [1.54, 1.807) is 11.6 Å². The second kappa shape index (κ2) is 7.07. The number of rotatable bonds is 5. The summed E-state index contributed by atoms with van der Waals surface area (Å²) < 4.78 is 0. The molecule has 0 aliphatic heterocycles. The van der Waals surface area contributed by atoms with Crippen molar-refractivity contribution in [1.82, 2.24) is 4.98 Å². The molecule has 3 rings (SSSR count). The highest BCUT2D eigenvalue weighted by Gasteiger charge is 1.99. The molecule has 0 bridgehead atoms. The predicted molar refractivity (Wildman–Crippen MR) is 99.0 cm³/mol. The van der Waals surface area contributed by atoms with Gasteiger partial charge in [0, 0.05) is 5.38 Å². The summed E-state index contributed by atoms with van der Waals surface area (Å²) in [6, 6.07) is 16.9. The molecule has 0 radical (unpaired) electrons. The number of nitrogens with two attached hydrogens (primary N) is 1. The minimum Gasteiger partial charge on any atom is -0.383 e. The lowest BCUT2D eigenvalue weighted by Gasteiger charge is -2.04. The zero-order valence-corrected chi connectivity index (χ0v) is 13.7. The standard InChI is InChI=1S/C18H18N4S/c1-2-13-6-8-15(9-7-13)16-5-3-4-14(10-16)11-20-22-18-21-17(19)12-23-18/h3-12H,2,19H2,1H3,(H,21,22). The van der Waals surface area contributed by atoms with Gasteiger partial charge in [0.25, 0.3) is 0 Å². The van der Waals surface area contributed by atoms with Gasteiger partial charge in [-0.05, 0) is 34.7 Å². The molecule has 116 valence electrons. The van der Waals surface area contributed by atoms with Crippen LogP contribution in [0.15, 0.2) is 59.0 Å². The Morgan fingerprint density at radius 1 is 1.17 bits per heavy atom. The van der Waals surface area contributed by atoms with E-state index in [0.29, 0.717) is 10.9 Å². The summed E-state index contributed by atoms with van der Waals surface area (Å²) in [6.45, 7) is 2.16. The summed E-state index contributed by atoms with van der Waals surface area (Å²) in [5, 5.41) is 6.67. The lowest BCUT2D eigenvalue weighted by atomic mass is 10.0. The Balaban J connectivity index is 1.73. The number of benzene rings is 2. The highest BCUT2D eigenvalue weighted by atomic mass is 32.1. The third-order valence-corrected chi connectivity index (χ3v) is 4.24. The summed E-state index contributed by atoms with van der Waals surface area (Å²) >= 11 is 1.43. The van der Waals surface area contributed by atoms with Crippen LogP contribution in [0, 0.1) is 0 Å². The first-order valence-electron chi connectivity index (χ1n) is 7.44. The minimum absolute atomic E-state index is 0.505. The fraction of sp³-hybridized carbons (Fsp3) is 0.111. The van der Waals surface area contributed by atoms with Gasteiger partial charge in [-0.3, -0.25) is 5.43 Å². The van der Waals surface area contributed by atoms with E-state index in [9.17, 15) is 0 Å². The van der Waals surface area contributed by atoms with Crippen LogP contribution in [0.3, 0.4) is 0 Å². The van der Waals surface area contributed by atoms with Gasteiger partial charge >= 0.3 is 0 Å². The number of anilines is 2. The third kappa shape index (κ3) is 3.96. The van der Waals surface area contributed by atoms with Crippen LogP contribution in [-0.2, 0) is 6.42 Å². The number of hydrazone groups is 1. The summed E-state index contributed by atoms with van der Waals surface area (Å²) in [5.74, 6) is 0.505. The van der Waals surface area contributed by atoms with Gasteiger partial charge < -0.3 is 5.73 Å². The molecule has 4 nitrogen and oxygen atoms in total. The summed E-state index contributed by atoms with van der Waals surface area (Å²) in [7, 11) is 0. The number of thiazole rings is 1. The van der Waals surface area contributed by atoms with Crippen LogP contribution in [-0.4, -0.2) is 11.2 Å². The smallest absolute Gasteiger partial charge is 0.205 e. The Labute approximate surface area is 139 Å². The van der Waals surface area contributed by atoms with Crippen molar-refractivity contribution in [3.05, 3.63) is 65.0 Å². The molecule has 0 saturated carbocycles. The van der Waals surface area contributed by atoms with Crippen molar-refractivity contribution in [1.29, 1.82) is 0 Å². The number of hydrogen-bond donors (Lipinski definition) is 2. The van der Waals surface area contributed by atoms with E-state index in [-0.39, 0.29) is 0 Å². The molecule has 0 aliphatic rings. The van der Waals surface area contributed by atoms with Gasteiger partial charge in [-0.2, -0.15) is 5.10 Å². The molecule has 23 heavy (non-hydrogen) atoms. The number of nitrogens with one attached hydrogen (secondary N) is 1. The second-order valence-electron chi connectivity index (χ2n) is 5.12. The van der Waals surface area contributed by atoms with E-state index in [4.69, 9.17) is 5.73 Å². The third-order valence-electron chi connectivity index (χ3n) is 3.48. The van der Waals surface area contributed by atoms with Gasteiger partial charge in [-0.25, -0.2) is 4.98 Å². The average Bonchev–Trinajstić information content (AvgIpc) is 3.00. The van der Waals surface area contributed by atoms with E-state index in [0.717, 1.165) is 12.0 Å². The Morgan fingerprint density at radius 3 is 2.70 bits per heavy atom. The first-order valence-corrected chi connectivity index (χ1v) is 8.32. The Hall–Kier alpha value is -2.66. The fourth-order valence-electron chi connectivity index (χ4n) is 2.23. The molecule has 1 aromatic heterocycles. The van der Waals surface area contributed by atoms with Crippen molar-refractivity contribution in [3.8, 4) is 11.1 Å². The molecular formula is C18H18N4S. The van der Waals surface area contributed by atoms with Gasteiger partial charge in [-0.1, -0.05) is 49.4 Å². The Kier molecular flexibility index (Phi) is 4.68. The molecule has 1 heterocycles. The van der Waals surface area contributed by atoms with Gasteiger partial charge in [0.2, 0.25) is 5.13 Å². The molecule has 3 N–H and O–H groups in total.